The molecule has 110 valence electrons. The van der Waals surface area contributed by atoms with Crippen LogP contribution in [0.4, 0.5) is 5.13 Å². The van der Waals surface area contributed by atoms with Crippen LogP contribution in [-0.4, -0.2) is 40.3 Å². The number of ether oxygens (including phenoxy) is 1. The zero-order valence-electron chi connectivity index (χ0n) is 11.7. The number of aryl methyl sites for hydroxylation is 1. The quantitative estimate of drug-likeness (QED) is 0.865. The van der Waals surface area contributed by atoms with Crippen molar-refractivity contribution in [1.29, 1.82) is 0 Å². The summed E-state index contributed by atoms with van der Waals surface area (Å²) in [5.41, 5.74) is 0.593. The summed E-state index contributed by atoms with van der Waals surface area (Å²) < 4.78 is 5.65. The Bertz CT molecular complexity index is 610. The van der Waals surface area contributed by atoms with Gasteiger partial charge in [0.2, 0.25) is 5.13 Å². The Labute approximate surface area is 126 Å². The third-order valence-electron chi connectivity index (χ3n) is 3.33. The molecule has 1 aliphatic rings. The van der Waals surface area contributed by atoms with Crippen LogP contribution in [0, 0.1) is 6.92 Å². The van der Waals surface area contributed by atoms with Crippen LogP contribution < -0.4 is 4.90 Å². The van der Waals surface area contributed by atoms with E-state index in [0.29, 0.717) is 17.2 Å². The van der Waals surface area contributed by atoms with E-state index in [1.54, 1.807) is 29.4 Å². The number of amides is 1. The lowest BCUT2D eigenvalue weighted by Gasteiger charge is -2.22. The van der Waals surface area contributed by atoms with Crippen LogP contribution in [0.1, 0.15) is 28.2 Å². The first kappa shape index (κ1) is 14.1. The Hall–Kier alpha value is -1.86. The lowest BCUT2D eigenvalue weighted by Crippen LogP contribution is -2.37. The first-order valence-electron chi connectivity index (χ1n) is 6.87. The van der Waals surface area contributed by atoms with Crippen LogP contribution in [-0.2, 0) is 4.74 Å². The van der Waals surface area contributed by atoms with Crippen molar-refractivity contribution in [1.82, 2.24) is 15.2 Å². The molecule has 6 nitrogen and oxygen atoms in total. The monoisotopic (exact) mass is 304 g/mol. The third kappa shape index (κ3) is 3.25. The van der Waals surface area contributed by atoms with Crippen LogP contribution in [0.15, 0.2) is 24.5 Å². The molecule has 0 spiro atoms. The molecule has 1 aliphatic heterocycles. The van der Waals surface area contributed by atoms with Crippen molar-refractivity contribution in [2.45, 2.75) is 25.9 Å². The second-order valence-electron chi connectivity index (χ2n) is 4.89. The summed E-state index contributed by atoms with van der Waals surface area (Å²) in [6.07, 6.45) is 5.31. The first-order valence-corrected chi connectivity index (χ1v) is 7.69. The minimum atomic E-state index is -0.0935. The molecule has 1 saturated heterocycles. The molecule has 0 bridgehead atoms. The summed E-state index contributed by atoms with van der Waals surface area (Å²) in [5, 5.41) is 9.57. The maximum atomic E-state index is 12.7. The fourth-order valence-electron chi connectivity index (χ4n) is 2.29. The number of nitrogens with zero attached hydrogens (tertiary/aromatic N) is 4. The number of carbonyl (C=O) groups is 1. The van der Waals surface area contributed by atoms with Crippen molar-refractivity contribution in [2.75, 3.05) is 18.1 Å². The molecule has 1 amide bonds. The van der Waals surface area contributed by atoms with Gasteiger partial charge in [0.25, 0.3) is 5.91 Å². The number of anilines is 1. The molecule has 0 aliphatic carbocycles. The van der Waals surface area contributed by atoms with Gasteiger partial charge in [-0.3, -0.25) is 14.7 Å². The predicted octanol–water partition coefficient (Wildman–Crippen LogP) is 2.07. The number of carbonyl (C=O) groups excluding carboxylic acids is 1. The van der Waals surface area contributed by atoms with Gasteiger partial charge in [-0.2, -0.15) is 0 Å². The normalized spacial score (nSPS) is 17.9. The summed E-state index contributed by atoms with van der Waals surface area (Å²) in [6.45, 7) is 3.15. The van der Waals surface area contributed by atoms with E-state index in [0.717, 1.165) is 24.5 Å². The number of aromatic nitrogens is 3. The molecule has 3 rings (SSSR count). The standard InChI is InChI=1S/C14H16N4O2S/c1-10-16-17-14(21-10)18(9-12-3-2-8-20-12)13(19)11-4-6-15-7-5-11/h4-7,12H,2-3,8-9H2,1H3. The van der Waals surface area contributed by atoms with Gasteiger partial charge in [0.05, 0.1) is 12.6 Å². The van der Waals surface area contributed by atoms with Crippen molar-refractivity contribution >= 4 is 22.4 Å². The largest absolute Gasteiger partial charge is 0.376 e. The van der Waals surface area contributed by atoms with Gasteiger partial charge in [-0.25, -0.2) is 0 Å². The zero-order valence-corrected chi connectivity index (χ0v) is 12.5. The summed E-state index contributed by atoms with van der Waals surface area (Å²) in [6, 6.07) is 3.41. The van der Waals surface area contributed by atoms with E-state index >= 15 is 0 Å². The smallest absolute Gasteiger partial charge is 0.260 e. The summed E-state index contributed by atoms with van der Waals surface area (Å²) in [7, 11) is 0. The maximum Gasteiger partial charge on any atom is 0.260 e. The Morgan fingerprint density at radius 1 is 1.43 bits per heavy atom. The molecular formula is C14H16N4O2S. The molecule has 7 heteroatoms. The fourth-order valence-corrected chi connectivity index (χ4v) is 2.98. The Morgan fingerprint density at radius 2 is 2.24 bits per heavy atom. The van der Waals surface area contributed by atoms with Crippen molar-refractivity contribution in [3.05, 3.63) is 35.1 Å². The van der Waals surface area contributed by atoms with Crippen molar-refractivity contribution in [3.63, 3.8) is 0 Å². The topological polar surface area (TPSA) is 68.2 Å². The third-order valence-corrected chi connectivity index (χ3v) is 4.19. The molecule has 2 aromatic heterocycles. The van der Waals surface area contributed by atoms with Crippen molar-refractivity contribution in [2.24, 2.45) is 0 Å². The molecule has 0 saturated carbocycles. The second kappa shape index (κ2) is 6.28. The second-order valence-corrected chi connectivity index (χ2v) is 6.05. The van der Waals surface area contributed by atoms with E-state index in [9.17, 15) is 4.79 Å². The van der Waals surface area contributed by atoms with E-state index in [2.05, 4.69) is 15.2 Å². The van der Waals surface area contributed by atoms with E-state index in [1.807, 2.05) is 6.92 Å². The number of hydrogen-bond acceptors (Lipinski definition) is 6. The van der Waals surface area contributed by atoms with E-state index in [4.69, 9.17) is 4.74 Å². The summed E-state index contributed by atoms with van der Waals surface area (Å²) in [5.74, 6) is -0.0935. The highest BCUT2D eigenvalue weighted by molar-refractivity contribution is 7.15. The molecule has 2 aromatic rings. The van der Waals surface area contributed by atoms with Crippen LogP contribution in [0.2, 0.25) is 0 Å². The summed E-state index contributed by atoms with van der Waals surface area (Å²) >= 11 is 1.41. The zero-order chi connectivity index (χ0) is 14.7. The molecule has 0 aromatic carbocycles. The average Bonchev–Trinajstić information content (AvgIpc) is 3.16. The highest BCUT2D eigenvalue weighted by atomic mass is 32.1. The maximum absolute atomic E-state index is 12.7. The number of hydrogen-bond donors (Lipinski definition) is 0. The van der Waals surface area contributed by atoms with Gasteiger partial charge in [0, 0.05) is 24.6 Å². The van der Waals surface area contributed by atoms with Gasteiger partial charge in [0.1, 0.15) is 5.01 Å². The van der Waals surface area contributed by atoms with Gasteiger partial charge in [-0.15, -0.1) is 10.2 Å². The number of rotatable bonds is 4. The van der Waals surface area contributed by atoms with Crippen LogP contribution in [0.25, 0.3) is 0 Å². The van der Waals surface area contributed by atoms with E-state index in [1.165, 1.54) is 11.3 Å². The van der Waals surface area contributed by atoms with Gasteiger partial charge in [0.15, 0.2) is 0 Å². The Kier molecular flexibility index (Phi) is 4.21. The van der Waals surface area contributed by atoms with Crippen LogP contribution in [0.5, 0.6) is 0 Å². The molecule has 1 atom stereocenters. The fraction of sp³-hybridized carbons (Fsp3) is 0.429. The molecule has 0 N–H and O–H groups in total. The SMILES string of the molecule is Cc1nnc(N(CC2CCCO2)C(=O)c2ccncc2)s1. The average molecular weight is 304 g/mol. The van der Waals surface area contributed by atoms with Crippen LogP contribution >= 0.6 is 11.3 Å². The van der Waals surface area contributed by atoms with Crippen molar-refractivity contribution < 1.29 is 9.53 Å². The van der Waals surface area contributed by atoms with Gasteiger partial charge in [-0.1, -0.05) is 11.3 Å². The predicted molar refractivity (Wildman–Crippen MR) is 79.5 cm³/mol. The minimum Gasteiger partial charge on any atom is -0.376 e. The van der Waals surface area contributed by atoms with Gasteiger partial charge < -0.3 is 4.74 Å². The van der Waals surface area contributed by atoms with Gasteiger partial charge >= 0.3 is 0 Å². The number of pyridine rings is 1. The van der Waals surface area contributed by atoms with Crippen molar-refractivity contribution in [3.8, 4) is 0 Å². The molecule has 21 heavy (non-hydrogen) atoms. The van der Waals surface area contributed by atoms with E-state index < -0.39 is 0 Å². The molecule has 0 radical (unpaired) electrons. The lowest BCUT2D eigenvalue weighted by atomic mass is 10.2. The highest BCUT2D eigenvalue weighted by Crippen LogP contribution is 2.24. The minimum absolute atomic E-state index is 0.0694. The lowest BCUT2D eigenvalue weighted by molar-refractivity contribution is 0.0917. The molecule has 1 fully saturated rings. The van der Waals surface area contributed by atoms with E-state index in [-0.39, 0.29) is 12.0 Å². The summed E-state index contributed by atoms with van der Waals surface area (Å²) in [4.78, 5) is 18.3. The molecule has 3 heterocycles. The van der Waals surface area contributed by atoms with Crippen LogP contribution in [0.3, 0.4) is 0 Å². The first-order chi connectivity index (χ1) is 10.2. The van der Waals surface area contributed by atoms with Gasteiger partial charge in [-0.05, 0) is 31.9 Å². The molecule has 1 unspecified atom stereocenters. The highest BCUT2D eigenvalue weighted by Gasteiger charge is 2.26. The Morgan fingerprint density at radius 3 is 2.86 bits per heavy atom. The Balaban J connectivity index is 1.86. The molecular weight excluding hydrogens is 288 g/mol.